The van der Waals surface area contributed by atoms with Gasteiger partial charge >= 0.3 is 0 Å². The summed E-state index contributed by atoms with van der Waals surface area (Å²) >= 11 is 0. The molecule has 0 radical (unpaired) electrons. The number of carbonyl (C=O) groups is 1. The summed E-state index contributed by atoms with van der Waals surface area (Å²) in [5, 5.41) is 9.50. The zero-order valence-corrected chi connectivity index (χ0v) is 8.27. The Kier molecular flexibility index (Phi) is 2.83. The molecule has 0 aliphatic rings. The Balaban J connectivity index is 2.31. The summed E-state index contributed by atoms with van der Waals surface area (Å²) in [5.41, 5.74) is 1.34. The minimum Gasteiger partial charge on any atom is -0.464 e. The number of aliphatic hydroxyl groups excluding tert-OH is 1. The number of Topliss-reactive ketones (excluding diaryl/α,β-unsaturated/α-hetero) is 1. The lowest BCUT2D eigenvalue weighted by Gasteiger charge is -1.95. The van der Waals surface area contributed by atoms with Crippen LogP contribution in [-0.4, -0.2) is 17.5 Å². The lowest BCUT2D eigenvalue weighted by Crippen LogP contribution is -1.99. The van der Waals surface area contributed by atoms with E-state index in [-0.39, 0.29) is 12.4 Å². The minimum atomic E-state index is 0.0222. The van der Waals surface area contributed by atoms with Gasteiger partial charge in [0.25, 0.3) is 0 Å². The number of hydrogen-bond acceptors (Lipinski definition) is 3. The predicted molar refractivity (Wildman–Crippen MR) is 56.9 cm³/mol. The molecule has 0 spiro atoms. The summed E-state index contributed by atoms with van der Waals surface area (Å²) in [5.74, 6) is 0.0222. The number of rotatable bonds is 4. The number of aliphatic hydroxyl groups is 1. The van der Waals surface area contributed by atoms with E-state index in [1.54, 1.807) is 0 Å². The topological polar surface area (TPSA) is 50.4 Å². The molecule has 0 atom stereocenters. The molecule has 3 heteroatoms. The summed E-state index contributed by atoms with van der Waals surface area (Å²) in [6.45, 7) is 0.0432. The Bertz CT molecular complexity index is 470. The molecule has 1 N–H and O–H groups in total. The fourth-order valence-electron chi connectivity index (χ4n) is 1.57. The first-order chi connectivity index (χ1) is 7.33. The van der Waals surface area contributed by atoms with Crippen LogP contribution in [0.5, 0.6) is 0 Å². The van der Waals surface area contributed by atoms with Crippen LogP contribution in [-0.2, 0) is 0 Å². The molecule has 0 fully saturated rings. The third-order valence-corrected chi connectivity index (χ3v) is 2.34. The molecule has 0 aliphatic carbocycles. The predicted octanol–water partition coefficient (Wildman–Crippen LogP) is 2.39. The van der Waals surface area contributed by atoms with Crippen molar-refractivity contribution in [2.24, 2.45) is 0 Å². The van der Waals surface area contributed by atoms with Crippen LogP contribution in [0.25, 0.3) is 11.0 Å². The van der Waals surface area contributed by atoms with E-state index in [1.807, 2.05) is 24.3 Å². The first-order valence-corrected chi connectivity index (χ1v) is 4.93. The summed E-state index contributed by atoms with van der Waals surface area (Å²) in [6, 6.07) is 7.44. The second kappa shape index (κ2) is 4.28. The van der Waals surface area contributed by atoms with Crippen molar-refractivity contribution in [1.29, 1.82) is 0 Å². The second-order valence-corrected chi connectivity index (χ2v) is 3.40. The van der Waals surface area contributed by atoms with Crippen molar-refractivity contribution in [3.63, 3.8) is 0 Å². The van der Waals surface area contributed by atoms with E-state index in [1.165, 1.54) is 6.26 Å². The maximum atomic E-state index is 11.7. The highest BCUT2D eigenvalue weighted by molar-refractivity contribution is 6.06. The Labute approximate surface area is 87.3 Å². The summed E-state index contributed by atoms with van der Waals surface area (Å²) in [7, 11) is 0. The normalized spacial score (nSPS) is 10.7. The Morgan fingerprint density at radius 2 is 2.13 bits per heavy atom. The van der Waals surface area contributed by atoms with Gasteiger partial charge in [-0.25, -0.2) is 0 Å². The van der Waals surface area contributed by atoms with Crippen LogP contribution in [0.3, 0.4) is 0 Å². The molecule has 1 heterocycles. The highest BCUT2D eigenvalue weighted by atomic mass is 16.3. The smallest absolute Gasteiger partial charge is 0.166 e. The van der Waals surface area contributed by atoms with Crippen LogP contribution in [0.2, 0.25) is 0 Å². The van der Waals surface area contributed by atoms with Gasteiger partial charge in [-0.1, -0.05) is 18.2 Å². The van der Waals surface area contributed by atoms with Gasteiger partial charge in [-0.15, -0.1) is 0 Å². The zero-order chi connectivity index (χ0) is 10.7. The maximum Gasteiger partial charge on any atom is 0.166 e. The number of carbonyl (C=O) groups excluding carboxylic acids is 1. The lowest BCUT2D eigenvalue weighted by molar-refractivity contribution is 0.0972. The summed E-state index contributed by atoms with van der Waals surface area (Å²) < 4.78 is 5.27. The number of furan rings is 1. The van der Waals surface area contributed by atoms with Crippen LogP contribution >= 0.6 is 0 Å². The third-order valence-electron chi connectivity index (χ3n) is 2.34. The average Bonchev–Trinajstić information content (AvgIpc) is 2.69. The highest BCUT2D eigenvalue weighted by Gasteiger charge is 2.12. The summed E-state index contributed by atoms with van der Waals surface area (Å²) in [4.78, 5) is 11.7. The molecule has 1 aromatic carbocycles. The van der Waals surface area contributed by atoms with Gasteiger partial charge in [0.15, 0.2) is 5.78 Å². The van der Waals surface area contributed by atoms with E-state index in [9.17, 15) is 4.79 Å². The van der Waals surface area contributed by atoms with Gasteiger partial charge in [-0.05, 0) is 12.5 Å². The molecule has 3 nitrogen and oxygen atoms in total. The highest BCUT2D eigenvalue weighted by Crippen LogP contribution is 2.22. The Hall–Kier alpha value is -1.61. The molecule has 78 valence electrons. The van der Waals surface area contributed by atoms with Gasteiger partial charge in [-0.2, -0.15) is 0 Å². The van der Waals surface area contributed by atoms with Crippen LogP contribution in [0.15, 0.2) is 34.9 Å². The van der Waals surface area contributed by atoms with Gasteiger partial charge in [0.05, 0.1) is 5.56 Å². The van der Waals surface area contributed by atoms with Crippen molar-refractivity contribution in [1.82, 2.24) is 0 Å². The maximum absolute atomic E-state index is 11.7. The SMILES string of the molecule is O=C(CCCO)c1coc2ccccc12. The molecule has 2 aromatic rings. The molecule has 0 aliphatic heterocycles. The van der Waals surface area contributed by atoms with Crippen molar-refractivity contribution >= 4 is 16.8 Å². The molecule has 15 heavy (non-hydrogen) atoms. The molecular formula is C12H12O3. The molecule has 0 saturated heterocycles. The molecular weight excluding hydrogens is 192 g/mol. The van der Waals surface area contributed by atoms with Crippen molar-refractivity contribution in [2.45, 2.75) is 12.8 Å². The third kappa shape index (κ3) is 1.92. The quantitative estimate of drug-likeness (QED) is 0.778. The molecule has 0 unspecified atom stereocenters. The van der Waals surface area contributed by atoms with Crippen molar-refractivity contribution in [3.05, 3.63) is 36.1 Å². The second-order valence-electron chi connectivity index (χ2n) is 3.40. The number of hydrogen-bond donors (Lipinski definition) is 1. The van der Waals surface area contributed by atoms with E-state index in [4.69, 9.17) is 9.52 Å². The lowest BCUT2D eigenvalue weighted by atomic mass is 10.1. The fourth-order valence-corrected chi connectivity index (χ4v) is 1.57. The van der Waals surface area contributed by atoms with E-state index in [0.29, 0.717) is 18.4 Å². The van der Waals surface area contributed by atoms with Crippen LogP contribution < -0.4 is 0 Å². The first-order valence-electron chi connectivity index (χ1n) is 4.93. The van der Waals surface area contributed by atoms with Crippen molar-refractivity contribution < 1.29 is 14.3 Å². The average molecular weight is 204 g/mol. The molecule has 0 bridgehead atoms. The molecule has 2 rings (SSSR count). The number of para-hydroxylation sites is 1. The van der Waals surface area contributed by atoms with E-state index < -0.39 is 0 Å². The van der Waals surface area contributed by atoms with Gasteiger partial charge in [0.1, 0.15) is 11.8 Å². The standard InChI is InChI=1S/C12H12O3/c13-7-3-5-11(14)10-8-15-12-6-2-1-4-9(10)12/h1-2,4,6,8,13H,3,5,7H2. The van der Waals surface area contributed by atoms with E-state index >= 15 is 0 Å². The minimum absolute atomic E-state index is 0.0222. The largest absolute Gasteiger partial charge is 0.464 e. The number of ketones is 1. The van der Waals surface area contributed by atoms with Gasteiger partial charge in [0, 0.05) is 18.4 Å². The van der Waals surface area contributed by atoms with E-state index in [0.717, 1.165) is 11.0 Å². The summed E-state index contributed by atoms with van der Waals surface area (Å²) in [6.07, 6.45) is 2.35. The monoisotopic (exact) mass is 204 g/mol. The Morgan fingerprint density at radius 3 is 2.93 bits per heavy atom. The zero-order valence-electron chi connectivity index (χ0n) is 8.27. The fraction of sp³-hybridized carbons (Fsp3) is 0.250. The van der Waals surface area contributed by atoms with Crippen LogP contribution in [0.4, 0.5) is 0 Å². The van der Waals surface area contributed by atoms with Crippen LogP contribution in [0, 0.1) is 0 Å². The van der Waals surface area contributed by atoms with Gasteiger partial charge in [0.2, 0.25) is 0 Å². The first kappa shape index (κ1) is 9.93. The van der Waals surface area contributed by atoms with Crippen molar-refractivity contribution in [2.75, 3.05) is 6.61 Å². The van der Waals surface area contributed by atoms with Crippen LogP contribution in [0.1, 0.15) is 23.2 Å². The van der Waals surface area contributed by atoms with E-state index in [2.05, 4.69) is 0 Å². The molecule has 1 aromatic heterocycles. The number of benzene rings is 1. The number of fused-ring (bicyclic) bond motifs is 1. The van der Waals surface area contributed by atoms with Crippen molar-refractivity contribution in [3.8, 4) is 0 Å². The molecule has 0 amide bonds. The van der Waals surface area contributed by atoms with Gasteiger partial charge in [-0.3, -0.25) is 4.79 Å². The Morgan fingerprint density at radius 1 is 1.33 bits per heavy atom. The van der Waals surface area contributed by atoms with Gasteiger partial charge < -0.3 is 9.52 Å². The molecule has 0 saturated carbocycles.